The number of aryl methyl sites for hydroxylation is 2. The fourth-order valence-corrected chi connectivity index (χ4v) is 3.74. The lowest BCUT2D eigenvalue weighted by Gasteiger charge is -2.32. The van der Waals surface area contributed by atoms with Crippen LogP contribution in [0.2, 0.25) is 0 Å². The zero-order valence-electron chi connectivity index (χ0n) is 14.5. The molecular weight excluding hydrogens is 314 g/mol. The van der Waals surface area contributed by atoms with Crippen LogP contribution in [0.15, 0.2) is 40.9 Å². The molecule has 0 N–H and O–H groups in total. The van der Waals surface area contributed by atoms with Crippen molar-refractivity contribution in [1.29, 1.82) is 0 Å². The summed E-state index contributed by atoms with van der Waals surface area (Å²) in [6, 6.07) is 10.4. The average Bonchev–Trinajstić information content (AvgIpc) is 2.99. The zero-order valence-corrected chi connectivity index (χ0v) is 14.5. The third-order valence-electron chi connectivity index (χ3n) is 5.01. The van der Waals surface area contributed by atoms with E-state index in [-0.39, 0.29) is 5.91 Å². The van der Waals surface area contributed by atoms with E-state index in [9.17, 15) is 4.79 Å². The van der Waals surface area contributed by atoms with Gasteiger partial charge in [-0.2, -0.15) is 0 Å². The van der Waals surface area contributed by atoms with Crippen molar-refractivity contribution >= 4 is 16.8 Å². The molecule has 1 saturated heterocycles. The van der Waals surface area contributed by atoms with Gasteiger partial charge in [-0.25, -0.2) is 4.98 Å². The van der Waals surface area contributed by atoms with Gasteiger partial charge in [-0.1, -0.05) is 18.2 Å². The van der Waals surface area contributed by atoms with Crippen molar-refractivity contribution in [2.24, 2.45) is 0 Å². The van der Waals surface area contributed by atoms with Gasteiger partial charge < -0.3 is 9.32 Å². The molecule has 0 saturated carbocycles. The Labute approximate surface area is 146 Å². The minimum atomic E-state index is -0.0209. The first-order chi connectivity index (χ1) is 12.1. The van der Waals surface area contributed by atoms with Gasteiger partial charge in [0.2, 0.25) is 0 Å². The molecule has 5 nitrogen and oxygen atoms in total. The van der Waals surface area contributed by atoms with Crippen LogP contribution in [0.5, 0.6) is 0 Å². The van der Waals surface area contributed by atoms with Gasteiger partial charge in [0.15, 0.2) is 11.6 Å². The molecule has 1 fully saturated rings. The second kappa shape index (κ2) is 6.31. The summed E-state index contributed by atoms with van der Waals surface area (Å²) in [7, 11) is 0. The van der Waals surface area contributed by atoms with E-state index in [1.165, 1.54) is 10.9 Å². The van der Waals surface area contributed by atoms with Crippen LogP contribution in [-0.4, -0.2) is 33.9 Å². The number of carbonyl (C=O) groups excluding carboxylic acids is 1. The van der Waals surface area contributed by atoms with Gasteiger partial charge in [-0.15, -0.1) is 0 Å². The van der Waals surface area contributed by atoms with Gasteiger partial charge in [0.25, 0.3) is 5.91 Å². The molecule has 0 unspecified atom stereocenters. The number of nitrogens with zero attached hydrogens (tertiary/aromatic N) is 3. The number of fused-ring (bicyclic) bond motifs is 1. The summed E-state index contributed by atoms with van der Waals surface area (Å²) in [5, 5.41) is 1.22. The number of aromatic nitrogens is 2. The van der Waals surface area contributed by atoms with Crippen LogP contribution in [0.3, 0.4) is 0 Å². The lowest BCUT2D eigenvalue weighted by molar-refractivity contribution is 0.0706. The van der Waals surface area contributed by atoms with Gasteiger partial charge in [0.1, 0.15) is 5.76 Å². The highest BCUT2D eigenvalue weighted by Crippen LogP contribution is 2.32. The fraction of sp³-hybridized carbons (Fsp3) is 0.350. The number of pyridine rings is 1. The highest BCUT2D eigenvalue weighted by Gasteiger charge is 2.28. The van der Waals surface area contributed by atoms with Crippen LogP contribution >= 0.6 is 0 Å². The first-order valence-corrected chi connectivity index (χ1v) is 8.70. The maximum Gasteiger partial charge on any atom is 0.276 e. The van der Waals surface area contributed by atoms with E-state index in [2.05, 4.69) is 28.2 Å². The van der Waals surface area contributed by atoms with Crippen molar-refractivity contribution in [3.63, 3.8) is 0 Å². The lowest BCUT2D eigenvalue weighted by atomic mass is 9.87. The third kappa shape index (κ3) is 2.90. The van der Waals surface area contributed by atoms with Crippen molar-refractivity contribution < 1.29 is 9.21 Å². The van der Waals surface area contributed by atoms with Gasteiger partial charge in [-0.3, -0.25) is 9.78 Å². The maximum absolute atomic E-state index is 12.7. The molecule has 0 radical (unpaired) electrons. The monoisotopic (exact) mass is 335 g/mol. The Morgan fingerprint density at radius 1 is 1.16 bits per heavy atom. The maximum atomic E-state index is 12.7. The number of amides is 1. The molecule has 1 aliphatic rings. The van der Waals surface area contributed by atoms with Crippen molar-refractivity contribution in [3.05, 3.63) is 59.4 Å². The number of oxazole rings is 1. The zero-order chi connectivity index (χ0) is 17.4. The van der Waals surface area contributed by atoms with Crippen molar-refractivity contribution in [3.8, 4) is 0 Å². The standard InChI is InChI=1S/C20H21N3O2/c1-13-19(22-14(2)25-13)20(24)23-11-8-15(9-12-23)16-7-10-21-18-6-4-3-5-17(16)18/h3-7,10,15H,8-9,11-12H2,1-2H3. The second-order valence-corrected chi connectivity index (χ2v) is 6.62. The van der Waals surface area contributed by atoms with Crippen LogP contribution in [0.1, 0.15) is 46.5 Å². The number of hydrogen-bond donors (Lipinski definition) is 0. The molecule has 1 aliphatic heterocycles. The highest BCUT2D eigenvalue weighted by molar-refractivity contribution is 5.93. The third-order valence-corrected chi connectivity index (χ3v) is 5.01. The summed E-state index contributed by atoms with van der Waals surface area (Å²) >= 11 is 0. The molecule has 25 heavy (non-hydrogen) atoms. The van der Waals surface area contributed by atoms with E-state index in [1.807, 2.05) is 23.2 Å². The molecule has 0 atom stereocenters. The van der Waals surface area contributed by atoms with Crippen LogP contribution in [0.4, 0.5) is 0 Å². The summed E-state index contributed by atoms with van der Waals surface area (Å²) < 4.78 is 5.40. The van der Waals surface area contributed by atoms with E-state index in [0.29, 0.717) is 23.3 Å². The summed E-state index contributed by atoms with van der Waals surface area (Å²) in [4.78, 5) is 23.3. The molecule has 0 spiro atoms. The predicted octanol–water partition coefficient (Wildman–Crippen LogP) is 3.86. The van der Waals surface area contributed by atoms with E-state index in [4.69, 9.17) is 4.42 Å². The number of benzene rings is 1. The molecule has 2 aromatic heterocycles. The predicted molar refractivity (Wildman–Crippen MR) is 95.6 cm³/mol. The Morgan fingerprint density at radius 3 is 2.64 bits per heavy atom. The number of para-hydroxylation sites is 1. The summed E-state index contributed by atoms with van der Waals surface area (Å²) in [5.74, 6) is 1.58. The molecule has 1 aromatic carbocycles. The average molecular weight is 335 g/mol. The van der Waals surface area contributed by atoms with E-state index in [1.54, 1.807) is 13.8 Å². The number of carbonyl (C=O) groups is 1. The number of piperidine rings is 1. The molecule has 1 amide bonds. The first-order valence-electron chi connectivity index (χ1n) is 8.70. The molecule has 0 aliphatic carbocycles. The van der Waals surface area contributed by atoms with Crippen LogP contribution in [-0.2, 0) is 0 Å². The van der Waals surface area contributed by atoms with Gasteiger partial charge in [0.05, 0.1) is 5.52 Å². The first kappa shape index (κ1) is 15.8. The van der Waals surface area contributed by atoms with E-state index in [0.717, 1.165) is 31.4 Å². The highest BCUT2D eigenvalue weighted by atomic mass is 16.4. The smallest absolute Gasteiger partial charge is 0.276 e. The van der Waals surface area contributed by atoms with Crippen molar-refractivity contribution in [2.45, 2.75) is 32.6 Å². The largest absolute Gasteiger partial charge is 0.445 e. The van der Waals surface area contributed by atoms with E-state index < -0.39 is 0 Å². The normalized spacial score (nSPS) is 15.7. The lowest BCUT2D eigenvalue weighted by Crippen LogP contribution is -2.38. The number of rotatable bonds is 2. The Kier molecular flexibility index (Phi) is 3.99. The molecule has 0 bridgehead atoms. The Balaban J connectivity index is 1.51. The molecule has 3 aromatic rings. The second-order valence-electron chi connectivity index (χ2n) is 6.62. The molecule has 5 heteroatoms. The number of likely N-dealkylation sites (tertiary alicyclic amines) is 1. The van der Waals surface area contributed by atoms with Gasteiger partial charge in [-0.05, 0) is 43.4 Å². The number of hydrogen-bond acceptors (Lipinski definition) is 4. The minimum absolute atomic E-state index is 0.0209. The summed E-state index contributed by atoms with van der Waals surface area (Å²) in [5.41, 5.74) is 2.82. The fourth-order valence-electron chi connectivity index (χ4n) is 3.74. The topological polar surface area (TPSA) is 59.2 Å². The van der Waals surface area contributed by atoms with Gasteiger partial charge >= 0.3 is 0 Å². The van der Waals surface area contributed by atoms with Crippen molar-refractivity contribution in [2.75, 3.05) is 13.1 Å². The Bertz CT molecular complexity index is 918. The Hall–Kier alpha value is -2.69. The quantitative estimate of drug-likeness (QED) is 0.713. The van der Waals surface area contributed by atoms with Crippen LogP contribution < -0.4 is 0 Å². The van der Waals surface area contributed by atoms with E-state index >= 15 is 0 Å². The Morgan fingerprint density at radius 2 is 1.92 bits per heavy atom. The summed E-state index contributed by atoms with van der Waals surface area (Å²) in [6.45, 7) is 5.05. The molecule has 128 valence electrons. The summed E-state index contributed by atoms with van der Waals surface area (Å²) in [6.07, 6.45) is 3.79. The van der Waals surface area contributed by atoms with Gasteiger partial charge in [0, 0.05) is 31.6 Å². The molecule has 4 rings (SSSR count). The van der Waals surface area contributed by atoms with Crippen molar-refractivity contribution in [1.82, 2.24) is 14.9 Å². The molecular formula is C20H21N3O2. The SMILES string of the molecule is Cc1nc(C(=O)N2CCC(c3ccnc4ccccc34)CC2)c(C)o1. The molecule has 3 heterocycles. The van der Waals surface area contributed by atoms with Crippen LogP contribution in [0.25, 0.3) is 10.9 Å². The minimum Gasteiger partial charge on any atom is -0.445 e. The van der Waals surface area contributed by atoms with Crippen LogP contribution in [0, 0.1) is 13.8 Å².